The van der Waals surface area contributed by atoms with Crippen LogP contribution in [-0.2, 0) is 10.2 Å². The van der Waals surface area contributed by atoms with Gasteiger partial charge in [-0.15, -0.1) is 0 Å². The molecule has 0 amide bonds. The first kappa shape index (κ1) is 14.1. The van der Waals surface area contributed by atoms with E-state index in [1.165, 1.54) is 5.56 Å². The van der Waals surface area contributed by atoms with Gasteiger partial charge in [0.1, 0.15) is 5.54 Å². The fraction of sp³-hybridized carbons (Fsp3) is 0.400. The number of carbonyl (C=O) groups is 1. The molecule has 3 nitrogen and oxygen atoms in total. The van der Waals surface area contributed by atoms with Gasteiger partial charge in [-0.1, -0.05) is 33.6 Å². The Labute approximate surface area is 130 Å². The molecule has 0 bridgehead atoms. The van der Waals surface area contributed by atoms with Crippen molar-refractivity contribution in [2.24, 2.45) is 5.73 Å². The maximum absolute atomic E-state index is 11.3. The molecule has 2 aliphatic carbocycles. The molecule has 3 N–H and O–H groups in total. The van der Waals surface area contributed by atoms with E-state index in [9.17, 15) is 9.90 Å². The molecule has 3 rings (SSSR count). The number of nitrogens with two attached hydrogens (primary N) is 1. The summed E-state index contributed by atoms with van der Waals surface area (Å²) >= 11 is 9.79. The second-order valence-corrected chi connectivity index (χ2v) is 7.06. The summed E-state index contributed by atoms with van der Waals surface area (Å²) in [7, 11) is 0. The van der Waals surface area contributed by atoms with E-state index < -0.39 is 11.5 Å². The van der Waals surface area contributed by atoms with Crippen LogP contribution in [0, 0.1) is 0 Å². The third-order valence-corrected chi connectivity index (χ3v) is 5.92. The summed E-state index contributed by atoms with van der Waals surface area (Å²) in [5.74, 6) is -0.906. The van der Waals surface area contributed by atoms with E-state index in [-0.39, 0.29) is 5.41 Å². The highest BCUT2D eigenvalue weighted by Gasteiger charge is 2.49. The van der Waals surface area contributed by atoms with E-state index in [0.717, 1.165) is 22.9 Å². The Kier molecular flexibility index (Phi) is 3.23. The zero-order valence-electron chi connectivity index (χ0n) is 10.8. The highest BCUT2D eigenvalue weighted by atomic mass is 79.9. The molecule has 1 saturated carbocycles. The molecule has 5 heteroatoms. The molecule has 1 fully saturated rings. The predicted octanol–water partition coefficient (Wildman–Crippen LogP) is 3.68. The van der Waals surface area contributed by atoms with Gasteiger partial charge >= 0.3 is 5.97 Å². The number of hydrogen-bond donors (Lipinski definition) is 2. The van der Waals surface area contributed by atoms with Crippen molar-refractivity contribution in [2.45, 2.75) is 36.6 Å². The smallest absolute Gasteiger partial charge is 0.323 e. The van der Waals surface area contributed by atoms with Crippen molar-refractivity contribution in [1.29, 1.82) is 0 Å². The lowest BCUT2D eigenvalue weighted by molar-refractivity contribution is -0.145. The molecule has 0 radical (unpaired) electrons. The van der Waals surface area contributed by atoms with Crippen LogP contribution in [0.25, 0.3) is 6.08 Å². The maximum Gasteiger partial charge on any atom is 0.323 e. The molecule has 2 aliphatic rings. The number of carboxylic acid groups (broad SMARTS) is 1. The number of halogens is 2. The third kappa shape index (κ3) is 1.93. The first-order valence-corrected chi connectivity index (χ1v) is 7.74. The topological polar surface area (TPSA) is 63.3 Å². The van der Waals surface area contributed by atoms with Gasteiger partial charge in [-0.2, -0.15) is 0 Å². The van der Waals surface area contributed by atoms with Crippen molar-refractivity contribution in [2.75, 3.05) is 0 Å². The molecule has 0 heterocycles. The Morgan fingerprint density at radius 3 is 2.55 bits per heavy atom. The monoisotopic (exact) mass is 355 g/mol. The minimum atomic E-state index is -1.10. The van der Waals surface area contributed by atoms with Gasteiger partial charge < -0.3 is 10.8 Å². The second kappa shape index (κ2) is 4.58. The molecule has 0 aromatic heterocycles. The summed E-state index contributed by atoms with van der Waals surface area (Å²) in [5.41, 5.74) is 7.07. The predicted molar refractivity (Wildman–Crippen MR) is 83.1 cm³/mol. The zero-order chi connectivity index (χ0) is 14.5. The van der Waals surface area contributed by atoms with Crippen LogP contribution in [0.1, 0.15) is 36.8 Å². The highest BCUT2D eigenvalue weighted by Crippen LogP contribution is 2.54. The Bertz CT molecular complexity index is 618. The van der Waals surface area contributed by atoms with Crippen LogP contribution in [-0.4, -0.2) is 16.6 Å². The van der Waals surface area contributed by atoms with Gasteiger partial charge in [-0.3, -0.25) is 4.79 Å². The number of aliphatic carboxylic acids is 1. The Hall–Kier alpha value is -0.840. The molecule has 1 aromatic carbocycles. The zero-order valence-corrected chi connectivity index (χ0v) is 13.2. The van der Waals surface area contributed by atoms with Crippen molar-refractivity contribution < 1.29 is 9.90 Å². The molecular formula is C15H15BrClNO2. The van der Waals surface area contributed by atoms with Gasteiger partial charge in [0.2, 0.25) is 0 Å². The lowest BCUT2D eigenvalue weighted by atomic mass is 9.65. The maximum atomic E-state index is 11.3. The summed E-state index contributed by atoms with van der Waals surface area (Å²) in [6, 6.07) is 5.88. The molecular weight excluding hydrogens is 342 g/mol. The molecule has 0 aliphatic heterocycles. The van der Waals surface area contributed by atoms with Gasteiger partial charge in [0.05, 0.1) is 0 Å². The Morgan fingerprint density at radius 2 is 1.95 bits per heavy atom. The average Bonchev–Trinajstić information content (AvgIpc) is 2.66. The van der Waals surface area contributed by atoms with Crippen molar-refractivity contribution in [3.05, 3.63) is 38.8 Å². The van der Waals surface area contributed by atoms with Crippen LogP contribution < -0.4 is 5.73 Å². The summed E-state index contributed by atoms with van der Waals surface area (Å²) in [5, 5.41) is 9.97. The number of benzene rings is 1. The van der Waals surface area contributed by atoms with E-state index in [4.69, 9.17) is 17.3 Å². The molecule has 20 heavy (non-hydrogen) atoms. The number of rotatable bonds is 1. The second-order valence-electron chi connectivity index (χ2n) is 5.77. The largest absolute Gasteiger partial charge is 0.480 e. The van der Waals surface area contributed by atoms with Gasteiger partial charge in [-0.25, -0.2) is 0 Å². The van der Waals surface area contributed by atoms with Crippen LogP contribution >= 0.6 is 27.5 Å². The Morgan fingerprint density at radius 1 is 1.30 bits per heavy atom. The van der Waals surface area contributed by atoms with Gasteiger partial charge in [0.25, 0.3) is 0 Å². The Balaban J connectivity index is 1.99. The molecule has 0 atom stereocenters. The third-order valence-electron chi connectivity index (χ3n) is 4.69. The average molecular weight is 357 g/mol. The molecule has 1 spiro atoms. The fourth-order valence-electron chi connectivity index (χ4n) is 3.32. The van der Waals surface area contributed by atoms with Crippen LogP contribution in [0.5, 0.6) is 0 Å². The summed E-state index contributed by atoms with van der Waals surface area (Å²) in [6.07, 6.45) is 4.49. The van der Waals surface area contributed by atoms with E-state index in [1.807, 2.05) is 18.2 Å². The van der Waals surface area contributed by atoms with Crippen LogP contribution in [0.4, 0.5) is 0 Å². The summed E-state index contributed by atoms with van der Waals surface area (Å²) in [6.45, 7) is 0. The number of fused-ring (bicyclic) bond motifs is 2. The highest BCUT2D eigenvalue weighted by molar-refractivity contribution is 9.11. The minimum Gasteiger partial charge on any atom is -0.480 e. The van der Waals surface area contributed by atoms with Crippen molar-refractivity contribution in [1.82, 2.24) is 0 Å². The van der Waals surface area contributed by atoms with Crippen molar-refractivity contribution >= 4 is 39.6 Å². The van der Waals surface area contributed by atoms with Gasteiger partial charge in [0, 0.05) is 14.9 Å². The first-order chi connectivity index (χ1) is 9.37. The van der Waals surface area contributed by atoms with E-state index >= 15 is 0 Å². The number of allylic oxidation sites excluding steroid dienone is 1. The van der Waals surface area contributed by atoms with Crippen molar-refractivity contribution in [3.8, 4) is 0 Å². The number of carboxylic acids is 1. The first-order valence-electron chi connectivity index (χ1n) is 6.57. The van der Waals surface area contributed by atoms with E-state index in [0.29, 0.717) is 17.9 Å². The fourth-order valence-corrected chi connectivity index (χ4v) is 4.35. The minimum absolute atomic E-state index is 0.154. The quantitative estimate of drug-likeness (QED) is 0.807. The SMILES string of the molecule is NC1(C(=O)O)CCC2(CC1)C(Br)=Cc1ccc(Cl)cc12. The molecule has 0 unspecified atom stereocenters. The molecule has 0 saturated heterocycles. The molecule has 1 aromatic rings. The van der Waals surface area contributed by atoms with Gasteiger partial charge in [-0.05, 0) is 55.0 Å². The van der Waals surface area contributed by atoms with Crippen LogP contribution in [0.2, 0.25) is 5.02 Å². The van der Waals surface area contributed by atoms with E-state index in [1.54, 1.807) is 0 Å². The summed E-state index contributed by atoms with van der Waals surface area (Å²) in [4.78, 5) is 11.3. The van der Waals surface area contributed by atoms with Crippen LogP contribution in [0.3, 0.4) is 0 Å². The van der Waals surface area contributed by atoms with Gasteiger partial charge in [0.15, 0.2) is 0 Å². The number of hydrogen-bond acceptors (Lipinski definition) is 2. The normalized spacial score (nSPS) is 32.0. The lowest BCUT2D eigenvalue weighted by Crippen LogP contribution is -2.53. The standard InChI is InChI=1S/C15H15BrClNO2/c16-12-7-9-1-2-10(17)8-11(9)14(12)3-5-15(18,6-4-14)13(19)20/h1-2,7-8H,3-6,18H2,(H,19,20). The van der Waals surface area contributed by atoms with E-state index in [2.05, 4.69) is 22.0 Å². The van der Waals surface area contributed by atoms with Crippen LogP contribution in [0.15, 0.2) is 22.7 Å². The molecule has 106 valence electrons. The summed E-state index contributed by atoms with van der Waals surface area (Å²) < 4.78 is 1.11. The van der Waals surface area contributed by atoms with Crippen molar-refractivity contribution in [3.63, 3.8) is 0 Å². The lowest BCUT2D eigenvalue weighted by Gasteiger charge is -2.42.